The topological polar surface area (TPSA) is 74.3 Å². The minimum absolute atomic E-state index is 0.114. The van der Waals surface area contributed by atoms with E-state index in [4.69, 9.17) is 18.9 Å². The fourth-order valence-electron chi connectivity index (χ4n) is 4.63. The van der Waals surface area contributed by atoms with Crippen molar-refractivity contribution in [2.24, 2.45) is 0 Å². The highest BCUT2D eigenvalue weighted by Gasteiger charge is 2.43. The summed E-state index contributed by atoms with van der Waals surface area (Å²) in [5.41, 5.74) is 1.64. The number of nitrogens with zero attached hydrogens (tertiary/aromatic N) is 1. The standard InChI is InChI=1S/C26H27NO6/c1-30-21-14-17(15-22(31-2)25(21)32-3)24(27-20(26(29)33-4)12-13-23(27)28)19-11-7-9-16-8-5-6-10-18(16)19/h5-11,14-15,20,24H,12-13H2,1-4H3/t20-,24+/m0/s1. The molecule has 1 amide bonds. The molecule has 4 rings (SSSR count). The van der Waals surface area contributed by atoms with E-state index >= 15 is 0 Å². The highest BCUT2D eigenvalue weighted by atomic mass is 16.5. The van der Waals surface area contributed by atoms with Crippen LogP contribution in [0.4, 0.5) is 0 Å². The van der Waals surface area contributed by atoms with E-state index in [-0.39, 0.29) is 12.3 Å². The summed E-state index contributed by atoms with van der Waals surface area (Å²) >= 11 is 0. The first-order chi connectivity index (χ1) is 16.0. The van der Waals surface area contributed by atoms with Gasteiger partial charge in [0.15, 0.2) is 11.5 Å². The average molecular weight is 450 g/mol. The Morgan fingerprint density at radius 3 is 2.24 bits per heavy atom. The van der Waals surface area contributed by atoms with Crippen molar-refractivity contribution in [3.63, 3.8) is 0 Å². The summed E-state index contributed by atoms with van der Waals surface area (Å²) in [6.07, 6.45) is 0.669. The SMILES string of the molecule is COC(=O)[C@@H]1CCC(=O)N1[C@H](c1cc(OC)c(OC)c(OC)c1)c1cccc2ccccc12. The molecule has 0 aromatic heterocycles. The van der Waals surface area contributed by atoms with Crippen LogP contribution in [0.2, 0.25) is 0 Å². The number of rotatable bonds is 7. The normalized spacial score (nSPS) is 16.5. The zero-order valence-corrected chi connectivity index (χ0v) is 19.2. The number of ether oxygens (including phenoxy) is 4. The number of amides is 1. The van der Waals surface area contributed by atoms with Crippen LogP contribution in [-0.4, -0.2) is 51.3 Å². The maximum absolute atomic E-state index is 13.2. The van der Waals surface area contributed by atoms with Gasteiger partial charge in [-0.2, -0.15) is 0 Å². The Hall–Kier alpha value is -3.74. The van der Waals surface area contributed by atoms with Crippen LogP contribution in [0.15, 0.2) is 54.6 Å². The molecule has 3 aromatic carbocycles. The number of esters is 1. The number of carbonyl (C=O) groups is 2. The summed E-state index contributed by atoms with van der Waals surface area (Å²) in [4.78, 5) is 27.5. The van der Waals surface area contributed by atoms with Gasteiger partial charge < -0.3 is 23.8 Å². The molecule has 0 unspecified atom stereocenters. The van der Waals surface area contributed by atoms with Crippen molar-refractivity contribution in [1.29, 1.82) is 0 Å². The first kappa shape index (κ1) is 22.5. The molecule has 1 saturated heterocycles. The largest absolute Gasteiger partial charge is 0.493 e. The van der Waals surface area contributed by atoms with Gasteiger partial charge in [-0.1, -0.05) is 42.5 Å². The Morgan fingerprint density at radius 1 is 0.939 bits per heavy atom. The van der Waals surface area contributed by atoms with E-state index in [1.807, 2.05) is 54.6 Å². The molecule has 3 aromatic rings. The van der Waals surface area contributed by atoms with Gasteiger partial charge in [-0.3, -0.25) is 4.79 Å². The van der Waals surface area contributed by atoms with Gasteiger partial charge in [0.1, 0.15) is 6.04 Å². The molecule has 1 aliphatic heterocycles. The number of fused-ring (bicyclic) bond motifs is 1. The Bertz CT molecular complexity index is 1160. The third-order valence-corrected chi connectivity index (χ3v) is 6.13. The fraction of sp³-hybridized carbons (Fsp3) is 0.308. The van der Waals surface area contributed by atoms with Crippen LogP contribution in [0.5, 0.6) is 17.2 Å². The van der Waals surface area contributed by atoms with Crippen molar-refractivity contribution in [2.75, 3.05) is 28.4 Å². The Balaban J connectivity index is 2.00. The van der Waals surface area contributed by atoms with E-state index in [9.17, 15) is 9.59 Å². The second kappa shape index (κ2) is 9.40. The minimum atomic E-state index is -0.689. The molecule has 0 aliphatic carbocycles. The van der Waals surface area contributed by atoms with Crippen molar-refractivity contribution < 1.29 is 28.5 Å². The van der Waals surface area contributed by atoms with Gasteiger partial charge >= 0.3 is 5.97 Å². The minimum Gasteiger partial charge on any atom is -0.493 e. The molecule has 2 atom stereocenters. The zero-order valence-electron chi connectivity index (χ0n) is 19.2. The summed E-state index contributed by atoms with van der Waals surface area (Å²) in [7, 11) is 5.98. The lowest BCUT2D eigenvalue weighted by Crippen LogP contribution is -2.42. The van der Waals surface area contributed by atoms with Crippen molar-refractivity contribution in [1.82, 2.24) is 4.90 Å². The summed E-state index contributed by atoms with van der Waals surface area (Å²) in [6.45, 7) is 0. The molecule has 1 fully saturated rings. The van der Waals surface area contributed by atoms with Gasteiger partial charge in [0.25, 0.3) is 0 Å². The smallest absolute Gasteiger partial charge is 0.328 e. The summed E-state index contributed by atoms with van der Waals surface area (Å²) < 4.78 is 21.7. The molecule has 7 heteroatoms. The number of hydrogen-bond acceptors (Lipinski definition) is 6. The molecule has 1 heterocycles. The van der Waals surface area contributed by atoms with Crippen LogP contribution in [0.25, 0.3) is 10.8 Å². The summed E-state index contributed by atoms with van der Waals surface area (Å²) in [5.74, 6) is 0.852. The second-order valence-corrected chi connectivity index (χ2v) is 7.81. The number of carbonyl (C=O) groups excluding carboxylic acids is 2. The van der Waals surface area contributed by atoms with E-state index in [0.717, 1.165) is 21.9 Å². The predicted octanol–water partition coefficient (Wildman–Crippen LogP) is 4.12. The van der Waals surface area contributed by atoms with Crippen molar-refractivity contribution in [3.05, 3.63) is 65.7 Å². The fourth-order valence-corrected chi connectivity index (χ4v) is 4.63. The van der Waals surface area contributed by atoms with E-state index in [1.54, 1.807) is 26.2 Å². The first-order valence-electron chi connectivity index (χ1n) is 10.7. The van der Waals surface area contributed by atoms with Crippen molar-refractivity contribution in [2.45, 2.75) is 24.9 Å². The molecule has 7 nitrogen and oxygen atoms in total. The van der Waals surface area contributed by atoms with Crippen LogP contribution in [0.3, 0.4) is 0 Å². The molecule has 33 heavy (non-hydrogen) atoms. The molecule has 1 aliphatic rings. The predicted molar refractivity (Wildman–Crippen MR) is 124 cm³/mol. The maximum atomic E-state index is 13.2. The lowest BCUT2D eigenvalue weighted by Gasteiger charge is -2.34. The molecular weight excluding hydrogens is 422 g/mol. The van der Waals surface area contributed by atoms with E-state index < -0.39 is 18.1 Å². The van der Waals surface area contributed by atoms with Gasteiger partial charge in [0.2, 0.25) is 11.7 Å². The first-order valence-corrected chi connectivity index (χ1v) is 10.7. The Morgan fingerprint density at radius 2 is 1.61 bits per heavy atom. The third-order valence-electron chi connectivity index (χ3n) is 6.13. The van der Waals surface area contributed by atoms with E-state index in [1.165, 1.54) is 7.11 Å². The van der Waals surface area contributed by atoms with Crippen LogP contribution in [0.1, 0.15) is 30.0 Å². The molecule has 0 spiro atoms. The van der Waals surface area contributed by atoms with Gasteiger partial charge in [-0.25, -0.2) is 4.79 Å². The quantitative estimate of drug-likeness (QED) is 0.505. The van der Waals surface area contributed by atoms with Crippen LogP contribution in [-0.2, 0) is 14.3 Å². The second-order valence-electron chi connectivity index (χ2n) is 7.81. The lowest BCUT2D eigenvalue weighted by atomic mass is 9.91. The summed E-state index contributed by atoms with van der Waals surface area (Å²) in [5, 5.41) is 2.02. The molecule has 0 radical (unpaired) electrons. The maximum Gasteiger partial charge on any atom is 0.328 e. The molecule has 0 N–H and O–H groups in total. The van der Waals surface area contributed by atoms with E-state index in [0.29, 0.717) is 23.7 Å². The van der Waals surface area contributed by atoms with Crippen molar-refractivity contribution in [3.8, 4) is 17.2 Å². The van der Waals surface area contributed by atoms with Crippen LogP contribution in [0, 0.1) is 0 Å². The highest BCUT2D eigenvalue weighted by molar-refractivity contribution is 5.91. The number of hydrogen-bond donors (Lipinski definition) is 0. The van der Waals surface area contributed by atoms with Crippen molar-refractivity contribution >= 4 is 22.6 Å². The lowest BCUT2D eigenvalue weighted by molar-refractivity contribution is -0.150. The molecule has 0 bridgehead atoms. The average Bonchev–Trinajstić information content (AvgIpc) is 3.24. The Labute approximate surface area is 192 Å². The Kier molecular flexibility index (Phi) is 6.40. The molecule has 172 valence electrons. The third kappa shape index (κ3) is 3.95. The zero-order chi connectivity index (χ0) is 23.5. The summed E-state index contributed by atoms with van der Waals surface area (Å²) in [6, 6.07) is 16.3. The number of methoxy groups -OCH3 is 4. The van der Waals surface area contributed by atoms with Crippen LogP contribution >= 0.6 is 0 Å². The van der Waals surface area contributed by atoms with Crippen LogP contribution < -0.4 is 14.2 Å². The number of benzene rings is 3. The van der Waals surface area contributed by atoms with E-state index in [2.05, 4.69) is 0 Å². The molecular formula is C26H27NO6. The van der Waals surface area contributed by atoms with Gasteiger partial charge in [0.05, 0.1) is 34.5 Å². The highest BCUT2D eigenvalue weighted by Crippen LogP contribution is 2.45. The molecule has 0 saturated carbocycles. The van der Waals surface area contributed by atoms with Gasteiger partial charge in [0, 0.05) is 6.42 Å². The monoisotopic (exact) mass is 449 g/mol. The van der Waals surface area contributed by atoms with Gasteiger partial charge in [-0.15, -0.1) is 0 Å². The van der Waals surface area contributed by atoms with Gasteiger partial charge in [-0.05, 0) is 40.5 Å². The number of likely N-dealkylation sites (tertiary alicyclic amines) is 1.